The van der Waals surface area contributed by atoms with Crippen molar-refractivity contribution in [2.45, 2.75) is 25.4 Å². The minimum atomic E-state index is -0.261. The molecule has 162 valence electrons. The third-order valence-electron chi connectivity index (χ3n) is 5.68. The number of fused-ring (bicyclic) bond motifs is 1. The van der Waals surface area contributed by atoms with Gasteiger partial charge in [0.05, 0.1) is 33.4 Å². The van der Waals surface area contributed by atoms with E-state index in [2.05, 4.69) is 10.1 Å². The highest BCUT2D eigenvalue weighted by Gasteiger charge is 2.31. The van der Waals surface area contributed by atoms with Gasteiger partial charge in [-0.1, -0.05) is 35.5 Å². The number of nitrogens with zero attached hydrogens (tertiary/aromatic N) is 2. The summed E-state index contributed by atoms with van der Waals surface area (Å²) in [6.45, 7) is 1.34. The number of benzene rings is 2. The predicted molar refractivity (Wildman–Crippen MR) is 115 cm³/mol. The molecule has 2 heterocycles. The van der Waals surface area contributed by atoms with Gasteiger partial charge in [-0.25, -0.2) is 0 Å². The first kappa shape index (κ1) is 20.9. The molecule has 31 heavy (non-hydrogen) atoms. The first-order valence-corrected chi connectivity index (χ1v) is 10.2. The first-order chi connectivity index (χ1) is 15.1. The Kier molecular flexibility index (Phi) is 6.23. The summed E-state index contributed by atoms with van der Waals surface area (Å²) in [5.74, 6) is 1.80. The summed E-state index contributed by atoms with van der Waals surface area (Å²) in [6, 6.07) is 15.6. The summed E-state index contributed by atoms with van der Waals surface area (Å²) in [5, 5.41) is 4.26. The van der Waals surface area contributed by atoms with E-state index in [4.69, 9.17) is 18.7 Å². The van der Waals surface area contributed by atoms with E-state index in [1.165, 1.54) is 7.11 Å². The molecule has 7 heteroatoms. The molecule has 1 atom stereocenters. The molecule has 1 aliphatic heterocycles. The van der Waals surface area contributed by atoms with Gasteiger partial charge in [-0.2, -0.15) is 0 Å². The first-order valence-electron chi connectivity index (χ1n) is 10.2. The molecule has 1 aliphatic rings. The normalized spacial score (nSPS) is 15.9. The number of esters is 1. The van der Waals surface area contributed by atoms with E-state index in [0.717, 1.165) is 41.1 Å². The van der Waals surface area contributed by atoms with Crippen molar-refractivity contribution in [2.75, 3.05) is 27.9 Å². The van der Waals surface area contributed by atoms with E-state index in [0.29, 0.717) is 18.0 Å². The van der Waals surface area contributed by atoms with Crippen LogP contribution in [0.3, 0.4) is 0 Å². The van der Waals surface area contributed by atoms with Crippen LogP contribution in [0.4, 0.5) is 0 Å². The van der Waals surface area contributed by atoms with E-state index in [1.807, 2.05) is 48.5 Å². The van der Waals surface area contributed by atoms with Crippen LogP contribution in [0.5, 0.6) is 11.5 Å². The van der Waals surface area contributed by atoms with Crippen molar-refractivity contribution >= 4 is 5.97 Å². The Morgan fingerprint density at radius 1 is 1.10 bits per heavy atom. The molecule has 0 amide bonds. The van der Waals surface area contributed by atoms with E-state index in [-0.39, 0.29) is 18.4 Å². The van der Waals surface area contributed by atoms with Crippen LogP contribution < -0.4 is 9.47 Å². The van der Waals surface area contributed by atoms with Crippen LogP contribution in [0.25, 0.3) is 11.3 Å². The smallest absolute Gasteiger partial charge is 0.307 e. The third kappa shape index (κ3) is 4.41. The second kappa shape index (κ2) is 9.22. The number of rotatable bonds is 7. The van der Waals surface area contributed by atoms with Crippen LogP contribution >= 0.6 is 0 Å². The topological polar surface area (TPSA) is 74.0 Å². The summed E-state index contributed by atoms with van der Waals surface area (Å²) < 4.78 is 21.5. The lowest BCUT2D eigenvalue weighted by Crippen LogP contribution is -2.36. The number of carbonyl (C=O) groups is 1. The number of aromatic nitrogens is 1. The quantitative estimate of drug-likeness (QED) is 0.533. The van der Waals surface area contributed by atoms with Crippen molar-refractivity contribution in [1.29, 1.82) is 0 Å². The standard InChI is InChI=1S/C24H26N2O5/c1-28-22-11-17-9-10-26(20(14-24(27)30-3)19(17)13-23(22)29-2)15-18-12-21(31-25-18)16-7-5-4-6-8-16/h4-8,11-13,20H,9-10,14-15H2,1-3H3/t20-/m1/s1. The molecular formula is C24H26N2O5. The molecule has 3 aromatic rings. The molecule has 0 unspecified atom stereocenters. The maximum atomic E-state index is 12.2. The van der Waals surface area contributed by atoms with Crippen molar-refractivity contribution in [3.8, 4) is 22.8 Å². The van der Waals surface area contributed by atoms with Crippen LogP contribution in [0.2, 0.25) is 0 Å². The zero-order valence-corrected chi connectivity index (χ0v) is 18.0. The van der Waals surface area contributed by atoms with Gasteiger partial charge in [-0.15, -0.1) is 0 Å². The SMILES string of the molecule is COC(=O)C[C@@H]1c2cc(OC)c(OC)cc2CCN1Cc1cc(-c2ccccc2)on1. The van der Waals surface area contributed by atoms with Gasteiger partial charge >= 0.3 is 5.97 Å². The minimum absolute atomic E-state index is 0.159. The van der Waals surface area contributed by atoms with Crippen LogP contribution in [0.1, 0.15) is 29.3 Å². The van der Waals surface area contributed by atoms with Crippen molar-refractivity contribution in [1.82, 2.24) is 10.1 Å². The zero-order chi connectivity index (χ0) is 21.8. The molecule has 0 saturated carbocycles. The average Bonchev–Trinajstić information content (AvgIpc) is 3.28. The van der Waals surface area contributed by atoms with Gasteiger partial charge in [0, 0.05) is 30.8 Å². The summed E-state index contributed by atoms with van der Waals surface area (Å²) in [6.07, 6.45) is 1.07. The average molecular weight is 422 g/mol. The van der Waals surface area contributed by atoms with Crippen molar-refractivity contribution < 1.29 is 23.5 Å². The Morgan fingerprint density at radius 2 is 1.84 bits per heavy atom. The molecule has 7 nitrogen and oxygen atoms in total. The minimum Gasteiger partial charge on any atom is -0.493 e. The van der Waals surface area contributed by atoms with Crippen molar-refractivity contribution in [2.24, 2.45) is 0 Å². The second-order valence-electron chi connectivity index (χ2n) is 7.47. The molecule has 2 aromatic carbocycles. The summed E-state index contributed by atoms with van der Waals surface area (Å²) in [5.41, 5.74) is 3.99. The van der Waals surface area contributed by atoms with Gasteiger partial charge < -0.3 is 18.7 Å². The van der Waals surface area contributed by atoms with Gasteiger partial charge in [-0.3, -0.25) is 9.69 Å². The van der Waals surface area contributed by atoms with E-state index < -0.39 is 0 Å². The van der Waals surface area contributed by atoms with Crippen LogP contribution in [-0.2, 0) is 22.5 Å². The fraction of sp³-hybridized carbons (Fsp3) is 0.333. The van der Waals surface area contributed by atoms with Crippen LogP contribution in [0.15, 0.2) is 53.1 Å². The van der Waals surface area contributed by atoms with Crippen LogP contribution in [-0.4, -0.2) is 43.9 Å². The molecule has 0 spiro atoms. The lowest BCUT2D eigenvalue weighted by atomic mass is 9.90. The largest absolute Gasteiger partial charge is 0.493 e. The van der Waals surface area contributed by atoms with Gasteiger partial charge in [0.2, 0.25) is 0 Å². The molecule has 1 aromatic heterocycles. The van der Waals surface area contributed by atoms with Gasteiger partial charge in [0.1, 0.15) is 0 Å². The van der Waals surface area contributed by atoms with Crippen molar-refractivity contribution in [3.05, 3.63) is 65.4 Å². The molecule has 4 rings (SSSR count). The molecule has 0 saturated heterocycles. The number of hydrogen-bond donors (Lipinski definition) is 0. The third-order valence-corrected chi connectivity index (χ3v) is 5.68. The highest BCUT2D eigenvalue weighted by atomic mass is 16.5. The Morgan fingerprint density at radius 3 is 2.55 bits per heavy atom. The van der Waals surface area contributed by atoms with Gasteiger partial charge in [-0.05, 0) is 29.7 Å². The lowest BCUT2D eigenvalue weighted by Gasteiger charge is -2.36. The molecule has 0 aliphatic carbocycles. The molecule has 0 N–H and O–H groups in total. The number of ether oxygens (including phenoxy) is 3. The van der Waals surface area contributed by atoms with Gasteiger partial charge in [0.25, 0.3) is 0 Å². The second-order valence-corrected chi connectivity index (χ2v) is 7.47. The Labute approximate surface area is 181 Å². The Balaban J connectivity index is 1.63. The molecular weight excluding hydrogens is 396 g/mol. The number of methoxy groups -OCH3 is 3. The van der Waals surface area contributed by atoms with Gasteiger partial charge in [0.15, 0.2) is 17.3 Å². The van der Waals surface area contributed by atoms with Crippen molar-refractivity contribution in [3.63, 3.8) is 0 Å². The van der Waals surface area contributed by atoms with Crippen LogP contribution in [0, 0.1) is 0 Å². The highest BCUT2D eigenvalue weighted by Crippen LogP contribution is 2.40. The summed E-state index contributed by atoms with van der Waals surface area (Å²) in [7, 11) is 4.65. The van der Waals surface area contributed by atoms with E-state index in [1.54, 1.807) is 14.2 Å². The number of hydrogen-bond acceptors (Lipinski definition) is 7. The van der Waals surface area contributed by atoms with E-state index in [9.17, 15) is 4.79 Å². The maximum absolute atomic E-state index is 12.2. The number of carbonyl (C=O) groups excluding carboxylic acids is 1. The molecule has 0 bridgehead atoms. The Bertz CT molecular complexity index is 1050. The highest BCUT2D eigenvalue weighted by molar-refractivity contribution is 5.70. The maximum Gasteiger partial charge on any atom is 0.307 e. The Hall–Kier alpha value is -3.32. The molecule has 0 radical (unpaired) electrons. The monoisotopic (exact) mass is 422 g/mol. The zero-order valence-electron chi connectivity index (χ0n) is 18.0. The fourth-order valence-corrected chi connectivity index (χ4v) is 4.08. The molecule has 0 fully saturated rings. The summed E-state index contributed by atoms with van der Waals surface area (Å²) in [4.78, 5) is 14.4. The summed E-state index contributed by atoms with van der Waals surface area (Å²) >= 11 is 0. The lowest BCUT2D eigenvalue weighted by molar-refractivity contribution is -0.142. The van der Waals surface area contributed by atoms with E-state index >= 15 is 0 Å². The predicted octanol–water partition coefficient (Wildman–Crippen LogP) is 4.02. The fourth-order valence-electron chi connectivity index (χ4n) is 4.08.